The van der Waals surface area contributed by atoms with E-state index in [1.165, 1.54) is 14.2 Å². The van der Waals surface area contributed by atoms with E-state index in [1.54, 1.807) is 12.3 Å². The lowest BCUT2D eigenvalue weighted by molar-refractivity contribution is 0.322. The molecule has 2 aromatic heterocycles. The van der Waals surface area contributed by atoms with Gasteiger partial charge >= 0.3 is 0 Å². The molecule has 0 bridgehead atoms. The molecule has 1 fully saturated rings. The molecule has 0 amide bonds. The minimum absolute atomic E-state index is 0.304. The maximum absolute atomic E-state index is 6.49. The average molecular weight is 492 g/mol. The van der Waals surface area contributed by atoms with E-state index in [0.29, 0.717) is 57.7 Å². The molecule has 33 heavy (non-hydrogen) atoms. The van der Waals surface area contributed by atoms with E-state index in [2.05, 4.69) is 21.6 Å². The van der Waals surface area contributed by atoms with Crippen LogP contribution >= 0.6 is 23.2 Å². The van der Waals surface area contributed by atoms with Gasteiger partial charge in [-0.15, -0.1) is 0 Å². The van der Waals surface area contributed by atoms with E-state index in [-0.39, 0.29) is 0 Å². The van der Waals surface area contributed by atoms with Crippen LogP contribution < -0.4 is 25.3 Å². The molecule has 0 atom stereocenters. The highest BCUT2D eigenvalue weighted by atomic mass is 35.5. The van der Waals surface area contributed by atoms with Crippen LogP contribution in [-0.4, -0.2) is 48.7 Å². The molecule has 1 aromatic carbocycles. The normalized spacial score (nSPS) is 14.3. The van der Waals surface area contributed by atoms with Crippen LogP contribution in [0.3, 0.4) is 0 Å². The lowest BCUT2D eigenvalue weighted by Gasteiger charge is -2.22. The number of piperidine rings is 1. The van der Waals surface area contributed by atoms with E-state index >= 15 is 0 Å². The molecule has 0 spiro atoms. The predicted molar refractivity (Wildman–Crippen MR) is 130 cm³/mol. The fraction of sp³-hybridized carbons (Fsp3) is 0.391. The Balaban J connectivity index is 1.47. The van der Waals surface area contributed by atoms with Crippen molar-refractivity contribution in [3.63, 3.8) is 0 Å². The quantitative estimate of drug-likeness (QED) is 0.481. The highest BCUT2D eigenvalue weighted by Gasteiger charge is 2.19. The van der Waals surface area contributed by atoms with Gasteiger partial charge in [-0.2, -0.15) is 5.10 Å². The molecule has 1 saturated heterocycles. The van der Waals surface area contributed by atoms with Gasteiger partial charge in [0.1, 0.15) is 0 Å². The third-order valence-corrected chi connectivity index (χ3v) is 6.50. The largest absolute Gasteiger partial charge is 0.493 e. The highest BCUT2D eigenvalue weighted by Crippen LogP contribution is 2.41. The zero-order valence-corrected chi connectivity index (χ0v) is 20.1. The van der Waals surface area contributed by atoms with E-state index in [9.17, 15) is 0 Å². The molecule has 10 heteroatoms. The number of rotatable bonds is 8. The topological polar surface area (TPSA) is 96.5 Å². The van der Waals surface area contributed by atoms with Gasteiger partial charge in [0, 0.05) is 41.0 Å². The lowest BCUT2D eigenvalue weighted by atomic mass is 10.1. The summed E-state index contributed by atoms with van der Waals surface area (Å²) < 4.78 is 18.6. The molecule has 8 nitrogen and oxygen atoms in total. The van der Waals surface area contributed by atoms with Gasteiger partial charge in [0.2, 0.25) is 0 Å². The van der Waals surface area contributed by atoms with E-state index < -0.39 is 0 Å². The van der Waals surface area contributed by atoms with Gasteiger partial charge in [-0.05, 0) is 37.6 Å². The first-order valence-electron chi connectivity index (χ1n) is 10.7. The SMILES string of the molecule is COc1cc(Cl)c(CCOc2cc(-c3cnn(C4CCNCC4)c3)cnc2N)c(Cl)c1OC. The number of benzene rings is 1. The fourth-order valence-electron chi connectivity index (χ4n) is 3.94. The van der Waals surface area contributed by atoms with E-state index in [1.807, 2.05) is 16.9 Å². The molecule has 1 aliphatic heterocycles. The van der Waals surface area contributed by atoms with Crippen molar-refractivity contribution in [2.75, 3.05) is 39.6 Å². The van der Waals surface area contributed by atoms with Gasteiger partial charge in [-0.1, -0.05) is 23.2 Å². The number of aromatic nitrogens is 3. The van der Waals surface area contributed by atoms with Crippen molar-refractivity contribution in [3.05, 3.63) is 46.3 Å². The minimum atomic E-state index is 0.304. The maximum atomic E-state index is 6.49. The van der Waals surface area contributed by atoms with Crippen LogP contribution in [0.25, 0.3) is 11.1 Å². The number of hydrogen-bond acceptors (Lipinski definition) is 7. The number of anilines is 1. The Morgan fingerprint density at radius 3 is 2.61 bits per heavy atom. The zero-order valence-electron chi connectivity index (χ0n) is 18.6. The first-order chi connectivity index (χ1) is 16.0. The summed E-state index contributed by atoms with van der Waals surface area (Å²) in [5, 5.41) is 8.81. The molecular weight excluding hydrogens is 465 g/mol. The Morgan fingerprint density at radius 1 is 1.09 bits per heavy atom. The summed E-state index contributed by atoms with van der Waals surface area (Å²) in [7, 11) is 3.06. The van der Waals surface area contributed by atoms with Crippen molar-refractivity contribution < 1.29 is 14.2 Å². The number of nitrogen functional groups attached to an aromatic ring is 1. The van der Waals surface area contributed by atoms with Crippen molar-refractivity contribution in [3.8, 4) is 28.4 Å². The average Bonchev–Trinajstić information content (AvgIpc) is 3.33. The van der Waals surface area contributed by atoms with Crippen LogP contribution in [0, 0.1) is 0 Å². The Hall–Kier alpha value is -2.68. The van der Waals surface area contributed by atoms with Gasteiger partial charge in [0.15, 0.2) is 23.1 Å². The monoisotopic (exact) mass is 491 g/mol. The molecule has 0 aliphatic carbocycles. The highest BCUT2D eigenvalue weighted by molar-refractivity contribution is 6.37. The summed E-state index contributed by atoms with van der Waals surface area (Å²) in [5.74, 6) is 1.72. The van der Waals surface area contributed by atoms with Crippen molar-refractivity contribution in [1.82, 2.24) is 20.1 Å². The summed E-state index contributed by atoms with van der Waals surface area (Å²) >= 11 is 12.9. The summed E-state index contributed by atoms with van der Waals surface area (Å²) in [6.45, 7) is 2.32. The zero-order chi connectivity index (χ0) is 23.4. The predicted octanol–water partition coefficient (Wildman–Crippen LogP) is 4.40. The van der Waals surface area contributed by atoms with E-state index in [0.717, 1.165) is 37.1 Å². The molecule has 0 saturated carbocycles. The molecule has 1 aliphatic rings. The van der Waals surface area contributed by atoms with Gasteiger partial charge < -0.3 is 25.3 Å². The third kappa shape index (κ3) is 5.13. The molecule has 3 aromatic rings. The first kappa shape index (κ1) is 23.5. The first-order valence-corrected chi connectivity index (χ1v) is 11.5. The van der Waals surface area contributed by atoms with Crippen LogP contribution in [0.1, 0.15) is 24.4 Å². The van der Waals surface area contributed by atoms with Crippen molar-refractivity contribution in [2.24, 2.45) is 0 Å². The standard InChI is InChI=1S/C23H27Cl2N5O3/c1-31-19-10-18(24)17(21(25)22(19)32-2)5-8-33-20-9-14(11-28-23(20)26)15-12-29-30(13-15)16-3-6-27-7-4-16/h9-13,16,27H,3-8H2,1-2H3,(H2,26,28). The van der Waals surface area contributed by atoms with Crippen molar-refractivity contribution in [2.45, 2.75) is 25.3 Å². The second-order valence-electron chi connectivity index (χ2n) is 7.78. The second kappa shape index (κ2) is 10.5. The molecule has 176 valence electrons. The molecular formula is C23H27Cl2N5O3. The number of nitrogens with one attached hydrogen (secondary N) is 1. The van der Waals surface area contributed by atoms with Crippen LogP contribution in [-0.2, 0) is 6.42 Å². The molecule has 0 radical (unpaired) electrons. The van der Waals surface area contributed by atoms with Crippen molar-refractivity contribution in [1.29, 1.82) is 0 Å². The van der Waals surface area contributed by atoms with Crippen LogP contribution in [0.4, 0.5) is 5.82 Å². The smallest absolute Gasteiger partial charge is 0.179 e. The number of hydrogen-bond donors (Lipinski definition) is 2. The van der Waals surface area contributed by atoms with Crippen LogP contribution in [0.2, 0.25) is 10.0 Å². The van der Waals surface area contributed by atoms with Gasteiger partial charge in [-0.25, -0.2) is 4.98 Å². The fourth-order valence-corrected chi connectivity index (χ4v) is 4.64. The summed E-state index contributed by atoms with van der Waals surface area (Å²) in [6, 6.07) is 3.97. The van der Waals surface area contributed by atoms with E-state index in [4.69, 9.17) is 43.1 Å². The third-order valence-electron chi connectivity index (χ3n) is 5.77. The number of ether oxygens (including phenoxy) is 3. The summed E-state index contributed by atoms with van der Waals surface area (Å²) in [5.41, 5.74) is 8.63. The number of halogens is 2. The van der Waals surface area contributed by atoms with Gasteiger partial charge in [0.25, 0.3) is 0 Å². The summed E-state index contributed by atoms with van der Waals surface area (Å²) in [4.78, 5) is 4.31. The number of nitrogens with two attached hydrogens (primary N) is 1. The molecule has 3 N–H and O–H groups in total. The minimum Gasteiger partial charge on any atom is -0.493 e. The van der Waals surface area contributed by atoms with Crippen LogP contribution in [0.5, 0.6) is 17.2 Å². The molecule has 3 heterocycles. The Kier molecular flexibility index (Phi) is 7.47. The maximum Gasteiger partial charge on any atom is 0.179 e. The number of nitrogens with zero attached hydrogens (tertiary/aromatic N) is 3. The van der Waals surface area contributed by atoms with Gasteiger partial charge in [0.05, 0.1) is 38.1 Å². The van der Waals surface area contributed by atoms with Crippen LogP contribution in [0.15, 0.2) is 30.7 Å². The molecule has 0 unspecified atom stereocenters. The number of pyridine rings is 1. The Labute approximate surface area is 202 Å². The van der Waals surface area contributed by atoms with Gasteiger partial charge in [-0.3, -0.25) is 4.68 Å². The summed E-state index contributed by atoms with van der Waals surface area (Å²) in [6.07, 6.45) is 8.22. The Morgan fingerprint density at radius 2 is 1.88 bits per heavy atom. The second-order valence-corrected chi connectivity index (χ2v) is 8.57. The Bertz CT molecular complexity index is 1120. The van der Waals surface area contributed by atoms with Crippen molar-refractivity contribution >= 4 is 29.0 Å². The lowest BCUT2D eigenvalue weighted by Crippen LogP contribution is -2.29. The molecule has 4 rings (SSSR count). The number of methoxy groups -OCH3 is 2.